The number of hydrogen-bond donors (Lipinski definition) is 0. The molecular formula is C26H22F2N2O5. The number of nitrogens with zero attached hydrogens (tertiary/aromatic N) is 2. The molecule has 1 heterocycles. The first kappa shape index (κ1) is 23.9. The monoisotopic (exact) mass is 480 g/mol. The van der Waals surface area contributed by atoms with Gasteiger partial charge in [-0.05, 0) is 47.5 Å². The molecule has 4 rings (SSSR count). The van der Waals surface area contributed by atoms with Gasteiger partial charge >= 0.3 is 6.61 Å². The number of methoxy groups -OCH3 is 1. The Hall–Kier alpha value is -4.27. The molecule has 3 amide bonds. The van der Waals surface area contributed by atoms with Gasteiger partial charge < -0.3 is 14.4 Å². The molecule has 1 aliphatic heterocycles. The molecule has 0 aliphatic carbocycles. The summed E-state index contributed by atoms with van der Waals surface area (Å²) in [7, 11) is 2.96. The normalized spacial score (nSPS) is 12.7. The quantitative estimate of drug-likeness (QED) is 0.448. The van der Waals surface area contributed by atoms with Crippen molar-refractivity contribution >= 4 is 17.7 Å². The van der Waals surface area contributed by atoms with Gasteiger partial charge in [-0.1, -0.05) is 30.3 Å². The first-order valence-corrected chi connectivity index (χ1v) is 10.7. The lowest BCUT2D eigenvalue weighted by molar-refractivity contribution is -0.0512. The molecule has 0 N–H and O–H groups in total. The van der Waals surface area contributed by atoms with Gasteiger partial charge in [-0.3, -0.25) is 19.3 Å². The highest BCUT2D eigenvalue weighted by molar-refractivity contribution is 6.21. The topological polar surface area (TPSA) is 76.2 Å². The highest BCUT2D eigenvalue weighted by Crippen LogP contribution is 2.30. The molecule has 0 unspecified atom stereocenters. The second kappa shape index (κ2) is 9.92. The SMILES string of the molecule is COc1cc(CN(C)C(=O)c2ccc(CN3C(=O)c4ccccc4C3=O)cc2)ccc1OC(F)F. The number of amides is 3. The van der Waals surface area contributed by atoms with E-state index >= 15 is 0 Å². The average Bonchev–Trinajstić information content (AvgIpc) is 3.09. The number of carbonyl (C=O) groups is 3. The van der Waals surface area contributed by atoms with Crippen LogP contribution in [0.3, 0.4) is 0 Å². The fourth-order valence-corrected chi connectivity index (χ4v) is 3.89. The summed E-state index contributed by atoms with van der Waals surface area (Å²) in [5.41, 5.74) is 2.57. The van der Waals surface area contributed by atoms with Crippen LogP contribution < -0.4 is 9.47 Å². The van der Waals surface area contributed by atoms with Crippen molar-refractivity contribution in [2.24, 2.45) is 0 Å². The van der Waals surface area contributed by atoms with Crippen LogP contribution in [0.5, 0.6) is 11.5 Å². The Morgan fingerprint density at radius 3 is 2.09 bits per heavy atom. The Morgan fingerprint density at radius 1 is 0.914 bits per heavy atom. The number of ether oxygens (including phenoxy) is 2. The fourth-order valence-electron chi connectivity index (χ4n) is 3.89. The number of fused-ring (bicyclic) bond motifs is 1. The molecule has 0 saturated heterocycles. The molecule has 0 bridgehead atoms. The van der Waals surface area contributed by atoms with E-state index in [4.69, 9.17) is 4.74 Å². The third-order valence-electron chi connectivity index (χ3n) is 5.63. The maximum atomic E-state index is 12.9. The van der Waals surface area contributed by atoms with Crippen molar-refractivity contribution in [3.8, 4) is 11.5 Å². The van der Waals surface area contributed by atoms with Crippen LogP contribution in [0.1, 0.15) is 42.2 Å². The van der Waals surface area contributed by atoms with E-state index in [1.54, 1.807) is 61.6 Å². The number of imide groups is 1. The average molecular weight is 480 g/mol. The van der Waals surface area contributed by atoms with Crippen molar-refractivity contribution in [1.82, 2.24) is 9.80 Å². The second-order valence-corrected chi connectivity index (χ2v) is 7.96. The van der Waals surface area contributed by atoms with Crippen LogP contribution in [0.4, 0.5) is 8.78 Å². The van der Waals surface area contributed by atoms with Crippen molar-refractivity contribution in [1.29, 1.82) is 0 Å². The minimum absolute atomic E-state index is 0.0890. The van der Waals surface area contributed by atoms with Crippen LogP contribution >= 0.6 is 0 Å². The van der Waals surface area contributed by atoms with Crippen molar-refractivity contribution in [2.45, 2.75) is 19.7 Å². The van der Waals surface area contributed by atoms with Gasteiger partial charge in [0.05, 0.1) is 24.8 Å². The summed E-state index contributed by atoms with van der Waals surface area (Å²) in [5, 5.41) is 0. The summed E-state index contributed by atoms with van der Waals surface area (Å²) in [6.45, 7) is -2.66. The van der Waals surface area contributed by atoms with Crippen LogP contribution in [0, 0.1) is 0 Å². The molecule has 180 valence electrons. The highest BCUT2D eigenvalue weighted by atomic mass is 19.3. The predicted molar refractivity (Wildman–Crippen MR) is 123 cm³/mol. The van der Waals surface area contributed by atoms with E-state index in [9.17, 15) is 23.2 Å². The first-order valence-electron chi connectivity index (χ1n) is 10.7. The molecule has 1 aliphatic rings. The standard InChI is InChI=1S/C26H22F2N2O5/c1-29(14-17-9-12-21(35-26(27)28)22(13-17)34-2)23(31)18-10-7-16(8-11-18)15-30-24(32)19-5-3-4-6-20(19)25(30)33/h3-13,26H,14-15H2,1-2H3. The Balaban J connectivity index is 1.41. The van der Waals surface area contributed by atoms with E-state index in [0.29, 0.717) is 27.8 Å². The van der Waals surface area contributed by atoms with Gasteiger partial charge in [0.2, 0.25) is 0 Å². The lowest BCUT2D eigenvalue weighted by Crippen LogP contribution is -2.29. The maximum absolute atomic E-state index is 12.9. The number of carbonyl (C=O) groups excluding carboxylic acids is 3. The zero-order valence-corrected chi connectivity index (χ0v) is 19.0. The van der Waals surface area contributed by atoms with E-state index in [1.165, 1.54) is 29.0 Å². The summed E-state index contributed by atoms with van der Waals surface area (Å²) in [5.74, 6) is -0.893. The third-order valence-corrected chi connectivity index (χ3v) is 5.63. The van der Waals surface area contributed by atoms with Gasteiger partial charge in [-0.2, -0.15) is 8.78 Å². The molecule has 0 fully saturated rings. The number of benzene rings is 3. The molecule has 9 heteroatoms. The van der Waals surface area contributed by atoms with Crippen LogP contribution in [0.25, 0.3) is 0 Å². The molecular weight excluding hydrogens is 458 g/mol. The second-order valence-electron chi connectivity index (χ2n) is 7.96. The molecule has 0 atom stereocenters. The van der Waals surface area contributed by atoms with Gasteiger partial charge in [0.1, 0.15) is 0 Å². The van der Waals surface area contributed by atoms with Gasteiger partial charge in [-0.25, -0.2) is 0 Å². The number of alkyl halides is 2. The van der Waals surface area contributed by atoms with Crippen LogP contribution in [-0.4, -0.2) is 48.3 Å². The zero-order valence-electron chi connectivity index (χ0n) is 19.0. The Labute approximate surface area is 200 Å². The van der Waals surface area contributed by atoms with Crippen molar-refractivity contribution in [2.75, 3.05) is 14.2 Å². The minimum atomic E-state index is -2.97. The Morgan fingerprint density at radius 2 is 1.51 bits per heavy atom. The van der Waals surface area contributed by atoms with E-state index in [2.05, 4.69) is 4.74 Å². The van der Waals surface area contributed by atoms with E-state index < -0.39 is 6.61 Å². The fraction of sp³-hybridized carbons (Fsp3) is 0.192. The van der Waals surface area contributed by atoms with Crippen LogP contribution in [0.2, 0.25) is 0 Å². The molecule has 3 aromatic rings. The van der Waals surface area contributed by atoms with E-state index in [-0.39, 0.29) is 42.3 Å². The largest absolute Gasteiger partial charge is 0.493 e. The lowest BCUT2D eigenvalue weighted by atomic mass is 10.1. The molecule has 0 saturated carbocycles. The lowest BCUT2D eigenvalue weighted by Gasteiger charge is -2.19. The molecule has 7 nitrogen and oxygen atoms in total. The van der Waals surface area contributed by atoms with Gasteiger partial charge in [0, 0.05) is 19.2 Å². The molecule has 0 spiro atoms. The summed E-state index contributed by atoms with van der Waals surface area (Å²) in [6.07, 6.45) is 0. The van der Waals surface area contributed by atoms with Crippen molar-refractivity contribution in [3.63, 3.8) is 0 Å². The Kier molecular flexibility index (Phi) is 6.77. The molecule has 35 heavy (non-hydrogen) atoms. The van der Waals surface area contributed by atoms with E-state index in [1.807, 2.05) is 0 Å². The van der Waals surface area contributed by atoms with Crippen LogP contribution in [-0.2, 0) is 13.1 Å². The van der Waals surface area contributed by atoms with Gasteiger partial charge in [0.15, 0.2) is 11.5 Å². The van der Waals surface area contributed by atoms with Crippen molar-refractivity contribution < 1.29 is 32.6 Å². The summed E-state index contributed by atoms with van der Waals surface area (Å²) < 4.78 is 34.6. The maximum Gasteiger partial charge on any atom is 0.387 e. The first-order chi connectivity index (χ1) is 16.8. The Bertz CT molecular complexity index is 1240. The number of hydrogen-bond acceptors (Lipinski definition) is 5. The smallest absolute Gasteiger partial charge is 0.387 e. The van der Waals surface area contributed by atoms with Gasteiger partial charge in [0.25, 0.3) is 17.7 Å². The van der Waals surface area contributed by atoms with E-state index in [0.717, 1.165) is 0 Å². The van der Waals surface area contributed by atoms with Crippen LogP contribution in [0.15, 0.2) is 66.7 Å². The van der Waals surface area contributed by atoms with Crippen molar-refractivity contribution in [3.05, 3.63) is 94.5 Å². The zero-order chi connectivity index (χ0) is 25.1. The third kappa shape index (κ3) is 4.98. The highest BCUT2D eigenvalue weighted by Gasteiger charge is 2.34. The number of halogens is 2. The molecule has 0 radical (unpaired) electrons. The minimum Gasteiger partial charge on any atom is -0.493 e. The number of rotatable bonds is 8. The summed E-state index contributed by atoms with van der Waals surface area (Å²) in [4.78, 5) is 40.7. The van der Waals surface area contributed by atoms with Gasteiger partial charge in [-0.15, -0.1) is 0 Å². The molecule has 0 aromatic heterocycles. The summed E-state index contributed by atoms with van der Waals surface area (Å²) >= 11 is 0. The molecule has 3 aromatic carbocycles. The predicted octanol–water partition coefficient (Wildman–Crippen LogP) is 4.37. The summed E-state index contributed by atoms with van der Waals surface area (Å²) in [6, 6.07) is 17.8.